The van der Waals surface area contributed by atoms with Crippen LogP contribution in [0.2, 0.25) is 0 Å². The van der Waals surface area contributed by atoms with Crippen LogP contribution in [0.1, 0.15) is 45.4 Å². The Balaban J connectivity index is 1.80. The van der Waals surface area contributed by atoms with Crippen molar-refractivity contribution in [2.24, 2.45) is 0 Å². The summed E-state index contributed by atoms with van der Waals surface area (Å²) in [4.78, 5) is 8.03. The molecule has 4 heteroatoms. The van der Waals surface area contributed by atoms with Gasteiger partial charge in [-0.15, -0.1) is 0 Å². The van der Waals surface area contributed by atoms with E-state index in [-0.39, 0.29) is 5.75 Å². The number of ether oxygens (including phenoxy) is 1. The maximum absolute atomic E-state index is 13.9. The Morgan fingerprint density at radius 2 is 1.82 bits per heavy atom. The van der Waals surface area contributed by atoms with Crippen LogP contribution in [0.15, 0.2) is 30.5 Å². The quantitative estimate of drug-likeness (QED) is 0.492. The number of hydrogen-bond acceptors (Lipinski definition) is 3. The molecule has 1 aromatic heterocycles. The van der Waals surface area contributed by atoms with Crippen LogP contribution in [0.25, 0.3) is 11.4 Å². The second kappa shape index (κ2) is 9.13. The van der Waals surface area contributed by atoms with E-state index in [0.29, 0.717) is 12.4 Å². The molecular weight excluding hydrogens is 279 g/mol. The summed E-state index contributed by atoms with van der Waals surface area (Å²) in [5.41, 5.74) is 0.764. The summed E-state index contributed by atoms with van der Waals surface area (Å²) < 4.78 is 19.4. The minimum atomic E-state index is -0.608. The van der Waals surface area contributed by atoms with E-state index in [2.05, 4.69) is 23.0 Å². The van der Waals surface area contributed by atoms with Crippen molar-refractivity contribution in [2.45, 2.75) is 45.4 Å². The van der Waals surface area contributed by atoms with Crippen molar-refractivity contribution in [3.05, 3.63) is 42.5 Å². The Bertz CT molecular complexity index is 560. The van der Waals surface area contributed by atoms with Crippen LogP contribution in [0, 0.1) is 12.0 Å². The fraction of sp³-hybridized carbons (Fsp3) is 0.444. The lowest BCUT2D eigenvalue weighted by Gasteiger charge is -2.07. The van der Waals surface area contributed by atoms with Crippen LogP contribution in [0.5, 0.6) is 5.75 Å². The highest BCUT2D eigenvalue weighted by Gasteiger charge is 2.09. The van der Waals surface area contributed by atoms with E-state index in [9.17, 15) is 4.39 Å². The van der Waals surface area contributed by atoms with Gasteiger partial charge in [0, 0.05) is 5.56 Å². The number of rotatable bonds is 9. The van der Waals surface area contributed by atoms with E-state index >= 15 is 0 Å². The molecule has 22 heavy (non-hydrogen) atoms. The molecule has 117 valence electrons. The fourth-order valence-corrected chi connectivity index (χ4v) is 2.19. The zero-order chi connectivity index (χ0) is 15.6. The van der Waals surface area contributed by atoms with Crippen molar-refractivity contribution in [1.82, 2.24) is 9.97 Å². The van der Waals surface area contributed by atoms with Gasteiger partial charge in [0.15, 0.2) is 11.6 Å². The first-order valence-electron chi connectivity index (χ1n) is 7.93. The van der Waals surface area contributed by atoms with E-state index in [1.807, 2.05) is 0 Å². The van der Waals surface area contributed by atoms with Gasteiger partial charge in [-0.3, -0.25) is 0 Å². The van der Waals surface area contributed by atoms with Gasteiger partial charge in [-0.25, -0.2) is 4.98 Å². The third-order valence-corrected chi connectivity index (χ3v) is 3.44. The van der Waals surface area contributed by atoms with Crippen molar-refractivity contribution in [1.29, 1.82) is 0 Å². The third-order valence-electron chi connectivity index (χ3n) is 3.44. The Morgan fingerprint density at radius 3 is 2.55 bits per heavy atom. The standard InChI is InChI=1S/C18H22FN2O/c1-2-3-4-5-6-10-13-22-16-14-20-18(21-17(16)19)15-11-8-7-9-12-15/h8-9,11-12,14H,2-6,10,13H2,1H3. The van der Waals surface area contributed by atoms with Crippen LogP contribution < -0.4 is 4.74 Å². The van der Waals surface area contributed by atoms with Gasteiger partial charge in [0.1, 0.15) is 0 Å². The second-order valence-electron chi connectivity index (χ2n) is 5.25. The lowest BCUT2D eigenvalue weighted by atomic mass is 10.1. The van der Waals surface area contributed by atoms with Gasteiger partial charge >= 0.3 is 0 Å². The van der Waals surface area contributed by atoms with E-state index in [1.165, 1.54) is 31.9 Å². The Labute approximate surface area is 131 Å². The van der Waals surface area contributed by atoms with E-state index < -0.39 is 5.95 Å². The van der Waals surface area contributed by atoms with Crippen LogP contribution in [-0.2, 0) is 0 Å². The summed E-state index contributed by atoms with van der Waals surface area (Å²) in [5.74, 6) is -0.123. The summed E-state index contributed by atoms with van der Waals surface area (Å²) in [6.45, 7) is 2.70. The number of unbranched alkanes of at least 4 members (excludes halogenated alkanes) is 5. The summed E-state index contributed by atoms with van der Waals surface area (Å²) in [6, 6.07) is 10.0. The smallest absolute Gasteiger partial charge is 0.258 e. The highest BCUT2D eigenvalue weighted by atomic mass is 19.1. The van der Waals surface area contributed by atoms with E-state index in [1.54, 1.807) is 24.3 Å². The molecule has 0 bridgehead atoms. The maximum Gasteiger partial charge on any atom is 0.258 e. The number of hydrogen-bond donors (Lipinski definition) is 0. The first kappa shape index (κ1) is 16.4. The zero-order valence-corrected chi connectivity index (χ0v) is 13.0. The van der Waals surface area contributed by atoms with Crippen molar-refractivity contribution in [3.63, 3.8) is 0 Å². The van der Waals surface area contributed by atoms with Crippen molar-refractivity contribution in [3.8, 4) is 17.1 Å². The topological polar surface area (TPSA) is 35.0 Å². The number of halogens is 1. The lowest BCUT2D eigenvalue weighted by Crippen LogP contribution is -2.02. The molecule has 0 N–H and O–H groups in total. The predicted octanol–water partition coefficient (Wildman–Crippen LogP) is 4.82. The molecule has 1 radical (unpaired) electrons. The molecule has 0 atom stereocenters. The highest BCUT2D eigenvalue weighted by Crippen LogP contribution is 2.19. The van der Waals surface area contributed by atoms with Crippen molar-refractivity contribution < 1.29 is 9.13 Å². The highest BCUT2D eigenvalue weighted by molar-refractivity contribution is 5.54. The molecule has 0 saturated carbocycles. The molecule has 2 rings (SSSR count). The van der Waals surface area contributed by atoms with Crippen LogP contribution in [0.4, 0.5) is 4.39 Å². The third kappa shape index (κ3) is 5.10. The SMILES string of the molecule is CCCCCCCCOc1cnc(-c2cc[c]cc2)nc1F. The number of aromatic nitrogens is 2. The molecule has 0 fully saturated rings. The molecule has 0 aliphatic heterocycles. The predicted molar refractivity (Wildman–Crippen MR) is 85.1 cm³/mol. The minimum absolute atomic E-state index is 0.125. The van der Waals surface area contributed by atoms with Gasteiger partial charge in [-0.2, -0.15) is 9.37 Å². The summed E-state index contributed by atoms with van der Waals surface area (Å²) in [5, 5.41) is 0. The Hall–Kier alpha value is -1.97. The minimum Gasteiger partial charge on any atom is -0.487 e. The average Bonchev–Trinajstić information content (AvgIpc) is 2.56. The largest absolute Gasteiger partial charge is 0.487 e. The second-order valence-corrected chi connectivity index (χ2v) is 5.25. The molecule has 0 saturated heterocycles. The monoisotopic (exact) mass is 301 g/mol. The van der Waals surface area contributed by atoms with Gasteiger partial charge in [0.05, 0.1) is 12.8 Å². The molecule has 1 aromatic carbocycles. The average molecular weight is 301 g/mol. The first-order chi connectivity index (χ1) is 10.8. The fourth-order valence-electron chi connectivity index (χ4n) is 2.19. The summed E-state index contributed by atoms with van der Waals surface area (Å²) >= 11 is 0. The molecule has 0 aliphatic carbocycles. The summed E-state index contributed by atoms with van der Waals surface area (Å²) in [7, 11) is 0. The normalized spacial score (nSPS) is 10.6. The van der Waals surface area contributed by atoms with Crippen LogP contribution in [-0.4, -0.2) is 16.6 Å². The van der Waals surface area contributed by atoms with E-state index in [4.69, 9.17) is 4.74 Å². The molecule has 0 amide bonds. The number of nitrogens with zero attached hydrogens (tertiary/aromatic N) is 2. The maximum atomic E-state index is 13.9. The van der Waals surface area contributed by atoms with Crippen molar-refractivity contribution in [2.75, 3.05) is 6.61 Å². The zero-order valence-electron chi connectivity index (χ0n) is 13.0. The molecule has 3 nitrogen and oxygen atoms in total. The van der Waals surface area contributed by atoms with Crippen LogP contribution >= 0.6 is 0 Å². The Kier molecular flexibility index (Phi) is 6.81. The Morgan fingerprint density at radius 1 is 1.09 bits per heavy atom. The molecule has 1 heterocycles. The van der Waals surface area contributed by atoms with Gasteiger partial charge in [0.25, 0.3) is 5.95 Å². The summed E-state index contributed by atoms with van der Waals surface area (Å²) in [6.07, 6.45) is 8.44. The lowest BCUT2D eigenvalue weighted by molar-refractivity contribution is 0.284. The van der Waals surface area contributed by atoms with Crippen LogP contribution in [0.3, 0.4) is 0 Å². The molecule has 0 spiro atoms. The molecule has 2 aromatic rings. The first-order valence-corrected chi connectivity index (χ1v) is 7.93. The molecule has 0 aliphatic rings. The van der Waals surface area contributed by atoms with Gasteiger partial charge in [0.2, 0.25) is 0 Å². The van der Waals surface area contributed by atoms with Crippen molar-refractivity contribution >= 4 is 0 Å². The van der Waals surface area contributed by atoms with Gasteiger partial charge in [-0.05, 0) is 12.5 Å². The van der Waals surface area contributed by atoms with E-state index in [0.717, 1.165) is 18.4 Å². The molecule has 0 unspecified atom stereocenters. The number of benzene rings is 1. The van der Waals surface area contributed by atoms with Gasteiger partial charge in [-0.1, -0.05) is 63.3 Å². The van der Waals surface area contributed by atoms with Gasteiger partial charge < -0.3 is 4.74 Å². The molecular formula is C18H22FN2O.